The Morgan fingerprint density at radius 2 is 1.86 bits per heavy atom. The van der Waals surface area contributed by atoms with Gasteiger partial charge in [0.05, 0.1) is 0 Å². The van der Waals surface area contributed by atoms with Crippen molar-refractivity contribution in [2.45, 2.75) is 32.2 Å². The maximum absolute atomic E-state index is 13.0. The van der Waals surface area contributed by atoms with E-state index in [9.17, 15) is 14.0 Å². The molecule has 0 saturated heterocycles. The largest absolute Gasteiger partial charge is 0.365 e. The van der Waals surface area contributed by atoms with E-state index in [1.807, 2.05) is 4.57 Å². The van der Waals surface area contributed by atoms with Crippen LogP contribution >= 0.6 is 0 Å². The summed E-state index contributed by atoms with van der Waals surface area (Å²) in [5.74, 6) is -0.991. The SMILES string of the molecule is NC(=O)c1cn(Cc2ccc(F)cc2)c2c(c1=O)CCCC2. The number of carbonyl (C=O) groups excluding carboxylic acids is 1. The van der Waals surface area contributed by atoms with E-state index in [1.54, 1.807) is 12.1 Å². The highest BCUT2D eigenvalue weighted by molar-refractivity contribution is 5.92. The maximum Gasteiger partial charge on any atom is 0.254 e. The minimum Gasteiger partial charge on any atom is -0.365 e. The third-order valence-corrected chi connectivity index (χ3v) is 4.12. The van der Waals surface area contributed by atoms with E-state index < -0.39 is 5.91 Å². The summed E-state index contributed by atoms with van der Waals surface area (Å²) in [5, 5.41) is 0. The molecular formula is C17H17FN2O2. The molecule has 0 unspecified atom stereocenters. The molecule has 0 fully saturated rings. The van der Waals surface area contributed by atoms with E-state index in [4.69, 9.17) is 5.73 Å². The lowest BCUT2D eigenvalue weighted by Gasteiger charge is -2.22. The Bertz CT molecular complexity index is 778. The van der Waals surface area contributed by atoms with Gasteiger partial charge in [0.15, 0.2) is 5.43 Å². The Balaban J connectivity index is 2.09. The Hall–Kier alpha value is -2.43. The fourth-order valence-electron chi connectivity index (χ4n) is 3.01. The number of aromatic nitrogens is 1. The molecule has 1 aliphatic carbocycles. The Morgan fingerprint density at radius 3 is 2.55 bits per heavy atom. The fourth-order valence-corrected chi connectivity index (χ4v) is 3.01. The molecule has 3 rings (SSSR count). The van der Waals surface area contributed by atoms with E-state index in [2.05, 4.69) is 0 Å². The number of carbonyl (C=O) groups is 1. The van der Waals surface area contributed by atoms with E-state index >= 15 is 0 Å². The van der Waals surface area contributed by atoms with Crippen molar-refractivity contribution in [3.8, 4) is 0 Å². The summed E-state index contributed by atoms with van der Waals surface area (Å²) in [6.07, 6.45) is 4.99. The van der Waals surface area contributed by atoms with Gasteiger partial charge in [-0.25, -0.2) is 4.39 Å². The minimum absolute atomic E-state index is 0.0303. The van der Waals surface area contributed by atoms with Crippen LogP contribution in [0.4, 0.5) is 4.39 Å². The summed E-state index contributed by atoms with van der Waals surface area (Å²) in [6.45, 7) is 0.489. The van der Waals surface area contributed by atoms with Crippen LogP contribution in [0.1, 0.15) is 40.0 Å². The normalized spacial score (nSPS) is 13.7. The Morgan fingerprint density at radius 1 is 1.18 bits per heavy atom. The molecule has 2 N–H and O–H groups in total. The summed E-state index contributed by atoms with van der Waals surface area (Å²) in [5.41, 5.74) is 7.69. The molecule has 1 amide bonds. The molecule has 1 aromatic heterocycles. The number of nitrogens with two attached hydrogens (primary N) is 1. The van der Waals surface area contributed by atoms with Gasteiger partial charge in [-0.05, 0) is 43.4 Å². The molecule has 0 aliphatic heterocycles. The lowest BCUT2D eigenvalue weighted by Crippen LogP contribution is -2.30. The molecule has 0 atom stereocenters. The second-order valence-corrected chi connectivity index (χ2v) is 5.62. The van der Waals surface area contributed by atoms with Gasteiger partial charge in [-0.3, -0.25) is 9.59 Å². The number of fused-ring (bicyclic) bond motifs is 1. The molecule has 22 heavy (non-hydrogen) atoms. The molecule has 1 aliphatic rings. The van der Waals surface area contributed by atoms with Crippen molar-refractivity contribution in [3.63, 3.8) is 0 Å². The summed E-state index contributed by atoms with van der Waals surface area (Å²) >= 11 is 0. The molecule has 1 aromatic carbocycles. The first-order valence-electron chi connectivity index (χ1n) is 7.35. The molecule has 0 saturated carbocycles. The molecule has 0 bridgehead atoms. The smallest absolute Gasteiger partial charge is 0.254 e. The van der Waals surface area contributed by atoms with Crippen LogP contribution in [0, 0.1) is 5.82 Å². The summed E-state index contributed by atoms with van der Waals surface area (Å²) in [7, 11) is 0. The molecule has 1 heterocycles. The summed E-state index contributed by atoms with van der Waals surface area (Å²) < 4.78 is 14.9. The summed E-state index contributed by atoms with van der Waals surface area (Å²) in [4.78, 5) is 23.9. The highest BCUT2D eigenvalue weighted by Crippen LogP contribution is 2.20. The minimum atomic E-state index is -0.703. The Labute approximate surface area is 127 Å². The predicted octanol–water partition coefficient (Wildman–Crippen LogP) is 2.01. The van der Waals surface area contributed by atoms with E-state index in [0.29, 0.717) is 18.5 Å². The molecular weight excluding hydrogens is 283 g/mol. The topological polar surface area (TPSA) is 65.1 Å². The molecule has 0 spiro atoms. The van der Waals surface area contributed by atoms with Gasteiger partial charge in [0.1, 0.15) is 11.4 Å². The zero-order chi connectivity index (χ0) is 15.7. The zero-order valence-corrected chi connectivity index (χ0v) is 12.1. The van der Waals surface area contributed by atoms with Gasteiger partial charge in [0, 0.05) is 24.0 Å². The summed E-state index contributed by atoms with van der Waals surface area (Å²) in [6, 6.07) is 6.21. The second-order valence-electron chi connectivity index (χ2n) is 5.62. The third-order valence-electron chi connectivity index (χ3n) is 4.12. The van der Waals surface area contributed by atoms with Gasteiger partial charge in [0.25, 0.3) is 5.91 Å². The highest BCUT2D eigenvalue weighted by atomic mass is 19.1. The van der Waals surface area contributed by atoms with Gasteiger partial charge < -0.3 is 10.3 Å². The van der Waals surface area contributed by atoms with Crippen molar-refractivity contribution in [1.82, 2.24) is 4.57 Å². The average Bonchev–Trinajstić information content (AvgIpc) is 2.52. The standard InChI is InChI=1S/C17H17FN2O2/c18-12-7-5-11(6-8-12)9-20-10-14(17(19)22)16(21)13-3-1-2-4-15(13)20/h5-8,10H,1-4,9H2,(H2,19,22). The lowest BCUT2D eigenvalue weighted by atomic mass is 9.93. The monoisotopic (exact) mass is 300 g/mol. The van der Waals surface area contributed by atoms with Crippen LogP contribution in [-0.2, 0) is 19.4 Å². The van der Waals surface area contributed by atoms with Crippen molar-refractivity contribution < 1.29 is 9.18 Å². The first-order chi connectivity index (χ1) is 10.6. The van der Waals surface area contributed by atoms with Crippen LogP contribution in [-0.4, -0.2) is 10.5 Å². The molecule has 5 heteroatoms. The van der Waals surface area contributed by atoms with Gasteiger partial charge in [0.2, 0.25) is 0 Å². The van der Waals surface area contributed by atoms with Crippen molar-refractivity contribution in [2.75, 3.05) is 0 Å². The second kappa shape index (κ2) is 5.75. The first-order valence-corrected chi connectivity index (χ1v) is 7.35. The fraction of sp³-hybridized carbons (Fsp3) is 0.294. The number of nitrogens with zero attached hydrogens (tertiary/aromatic N) is 1. The van der Waals surface area contributed by atoms with Crippen molar-refractivity contribution in [3.05, 3.63) is 68.9 Å². The lowest BCUT2D eigenvalue weighted by molar-refractivity contribution is 0.0998. The van der Waals surface area contributed by atoms with Gasteiger partial charge >= 0.3 is 0 Å². The number of hydrogen-bond donors (Lipinski definition) is 1. The van der Waals surface area contributed by atoms with Crippen LogP contribution < -0.4 is 11.2 Å². The number of benzene rings is 1. The van der Waals surface area contributed by atoms with E-state index in [-0.39, 0.29) is 16.8 Å². The number of primary amides is 1. The first kappa shape index (κ1) is 14.5. The van der Waals surface area contributed by atoms with Crippen LogP contribution in [0.5, 0.6) is 0 Å². The van der Waals surface area contributed by atoms with E-state index in [1.165, 1.54) is 18.3 Å². The highest BCUT2D eigenvalue weighted by Gasteiger charge is 2.20. The van der Waals surface area contributed by atoms with Crippen molar-refractivity contribution in [2.24, 2.45) is 5.73 Å². The zero-order valence-electron chi connectivity index (χ0n) is 12.1. The van der Waals surface area contributed by atoms with Crippen LogP contribution in [0.25, 0.3) is 0 Å². The van der Waals surface area contributed by atoms with E-state index in [0.717, 1.165) is 30.5 Å². The predicted molar refractivity (Wildman–Crippen MR) is 81.4 cm³/mol. The molecule has 4 nitrogen and oxygen atoms in total. The number of hydrogen-bond acceptors (Lipinski definition) is 2. The van der Waals surface area contributed by atoms with Crippen LogP contribution in [0.2, 0.25) is 0 Å². The average molecular weight is 300 g/mol. The maximum atomic E-state index is 13.0. The molecule has 114 valence electrons. The Kier molecular flexibility index (Phi) is 3.79. The van der Waals surface area contributed by atoms with Gasteiger partial charge in [-0.15, -0.1) is 0 Å². The van der Waals surface area contributed by atoms with Gasteiger partial charge in [-0.1, -0.05) is 12.1 Å². The molecule has 2 aromatic rings. The third kappa shape index (κ3) is 2.66. The number of rotatable bonds is 3. The van der Waals surface area contributed by atoms with Crippen molar-refractivity contribution >= 4 is 5.91 Å². The van der Waals surface area contributed by atoms with Crippen molar-refractivity contribution in [1.29, 1.82) is 0 Å². The number of halogens is 1. The van der Waals surface area contributed by atoms with Crippen LogP contribution in [0.3, 0.4) is 0 Å². The number of pyridine rings is 1. The number of amides is 1. The molecule has 0 radical (unpaired) electrons. The quantitative estimate of drug-likeness (QED) is 0.942. The van der Waals surface area contributed by atoms with Crippen LogP contribution in [0.15, 0.2) is 35.3 Å². The van der Waals surface area contributed by atoms with Gasteiger partial charge in [-0.2, -0.15) is 0 Å².